The van der Waals surface area contributed by atoms with E-state index in [4.69, 9.17) is 0 Å². The van der Waals surface area contributed by atoms with Crippen LogP contribution in [0.4, 0.5) is 0 Å². The van der Waals surface area contributed by atoms with Gasteiger partial charge < -0.3 is 5.32 Å². The van der Waals surface area contributed by atoms with E-state index in [9.17, 15) is 4.21 Å². The van der Waals surface area contributed by atoms with Gasteiger partial charge in [0.05, 0.1) is 0 Å². The van der Waals surface area contributed by atoms with Crippen LogP contribution in [0, 0.1) is 13.8 Å². The Morgan fingerprint density at radius 1 is 1.20 bits per heavy atom. The van der Waals surface area contributed by atoms with E-state index >= 15 is 0 Å². The highest BCUT2D eigenvalue weighted by Crippen LogP contribution is 2.10. The molecule has 0 aliphatic rings. The topological polar surface area (TPSA) is 29.1 Å². The van der Waals surface area contributed by atoms with Crippen LogP contribution in [0.15, 0.2) is 18.2 Å². The Morgan fingerprint density at radius 2 is 1.80 bits per heavy atom. The molecule has 1 aromatic carbocycles. The molecule has 0 aliphatic carbocycles. The number of benzene rings is 1. The van der Waals surface area contributed by atoms with E-state index in [0.29, 0.717) is 5.75 Å². The Bertz CT molecular complexity index is 329. The van der Waals surface area contributed by atoms with Crippen LogP contribution in [0.3, 0.4) is 0 Å². The summed E-state index contributed by atoms with van der Waals surface area (Å²) in [6, 6.07) is 6.37. The molecule has 0 bridgehead atoms. The highest BCUT2D eigenvalue weighted by atomic mass is 32.2. The summed E-state index contributed by atoms with van der Waals surface area (Å²) in [4.78, 5) is 0. The fraction of sp³-hybridized carbons (Fsp3) is 0.500. The highest BCUT2D eigenvalue weighted by molar-refractivity contribution is 7.84. The van der Waals surface area contributed by atoms with Gasteiger partial charge in [0.15, 0.2) is 0 Å². The van der Waals surface area contributed by atoms with E-state index < -0.39 is 10.8 Å². The molecule has 0 saturated carbocycles. The van der Waals surface area contributed by atoms with Crippen LogP contribution >= 0.6 is 0 Å². The van der Waals surface area contributed by atoms with E-state index in [0.717, 1.165) is 12.3 Å². The molecule has 1 atom stereocenters. The first-order valence-electron chi connectivity index (χ1n) is 5.18. The Kier molecular flexibility index (Phi) is 4.99. The van der Waals surface area contributed by atoms with E-state index in [1.165, 1.54) is 16.7 Å². The molecule has 0 heterocycles. The Morgan fingerprint density at radius 3 is 2.33 bits per heavy atom. The lowest BCUT2D eigenvalue weighted by molar-refractivity contribution is 0.679. The van der Waals surface area contributed by atoms with Crippen LogP contribution in [0.1, 0.15) is 16.7 Å². The lowest BCUT2D eigenvalue weighted by Crippen LogP contribution is -2.16. The quantitative estimate of drug-likeness (QED) is 0.827. The van der Waals surface area contributed by atoms with Gasteiger partial charge in [-0.2, -0.15) is 0 Å². The summed E-state index contributed by atoms with van der Waals surface area (Å²) >= 11 is 0. The maximum Gasteiger partial charge on any atom is 0.0486 e. The predicted octanol–water partition coefficient (Wildman–Crippen LogP) is 1.77. The molecule has 1 rings (SSSR count). The Hall–Kier alpha value is -0.670. The van der Waals surface area contributed by atoms with E-state index in [1.807, 2.05) is 7.05 Å². The van der Waals surface area contributed by atoms with E-state index in [-0.39, 0.29) is 0 Å². The number of nitrogens with one attached hydrogen (secondary N) is 1. The smallest absolute Gasteiger partial charge is 0.0486 e. The van der Waals surface area contributed by atoms with E-state index in [2.05, 4.69) is 37.4 Å². The van der Waals surface area contributed by atoms with Crippen molar-refractivity contribution in [2.75, 3.05) is 19.3 Å². The van der Waals surface area contributed by atoms with Crippen molar-refractivity contribution in [3.05, 3.63) is 34.9 Å². The molecule has 0 aromatic heterocycles. The number of aryl methyl sites for hydroxylation is 2. The molecular formula is C12H19NOS. The monoisotopic (exact) mass is 225 g/mol. The van der Waals surface area contributed by atoms with Crippen molar-refractivity contribution in [3.63, 3.8) is 0 Å². The Balaban J connectivity index is 2.60. The zero-order valence-corrected chi connectivity index (χ0v) is 10.5. The van der Waals surface area contributed by atoms with Crippen molar-refractivity contribution in [2.24, 2.45) is 0 Å². The minimum absolute atomic E-state index is 0.671. The van der Waals surface area contributed by atoms with Gasteiger partial charge in [-0.15, -0.1) is 0 Å². The Labute approximate surface area is 94.5 Å². The number of hydrogen-bond donors (Lipinski definition) is 1. The maximum absolute atomic E-state index is 11.7. The third-order valence-electron chi connectivity index (χ3n) is 2.19. The number of hydrogen-bond acceptors (Lipinski definition) is 2. The molecule has 0 fully saturated rings. The van der Waals surface area contributed by atoms with Crippen molar-refractivity contribution in [1.82, 2.24) is 5.32 Å². The predicted molar refractivity (Wildman–Crippen MR) is 66.6 cm³/mol. The zero-order valence-electron chi connectivity index (χ0n) is 9.67. The van der Waals surface area contributed by atoms with Crippen LogP contribution in [-0.4, -0.2) is 23.6 Å². The van der Waals surface area contributed by atoms with E-state index in [1.54, 1.807) is 0 Å². The van der Waals surface area contributed by atoms with Gasteiger partial charge in [-0.3, -0.25) is 4.21 Å². The molecule has 0 aliphatic heterocycles. The molecule has 1 unspecified atom stereocenters. The standard InChI is InChI=1S/C12H19NOS/c1-10-6-11(2)8-12(7-10)9-15(14)5-4-13-3/h6-8,13H,4-5,9H2,1-3H3. The van der Waals surface area contributed by atoms with Gasteiger partial charge in [-0.1, -0.05) is 29.3 Å². The van der Waals surface area contributed by atoms with Crippen LogP contribution in [0.5, 0.6) is 0 Å². The minimum Gasteiger partial charge on any atom is -0.319 e. The van der Waals surface area contributed by atoms with Gasteiger partial charge in [-0.05, 0) is 26.5 Å². The maximum atomic E-state index is 11.7. The molecule has 0 spiro atoms. The number of rotatable bonds is 5. The highest BCUT2D eigenvalue weighted by Gasteiger charge is 2.02. The zero-order chi connectivity index (χ0) is 11.3. The summed E-state index contributed by atoms with van der Waals surface area (Å²) in [5, 5.41) is 3.01. The fourth-order valence-corrected chi connectivity index (χ4v) is 2.74. The SMILES string of the molecule is CNCCS(=O)Cc1cc(C)cc(C)c1. The second-order valence-corrected chi connectivity index (χ2v) is 5.46. The minimum atomic E-state index is -0.750. The lowest BCUT2D eigenvalue weighted by Gasteiger charge is -2.05. The van der Waals surface area contributed by atoms with Crippen molar-refractivity contribution in [2.45, 2.75) is 19.6 Å². The van der Waals surface area contributed by atoms with Gasteiger partial charge in [0, 0.05) is 28.9 Å². The third kappa shape index (κ3) is 4.58. The average molecular weight is 225 g/mol. The van der Waals surface area contributed by atoms with Crippen LogP contribution in [0.25, 0.3) is 0 Å². The summed E-state index contributed by atoms with van der Waals surface area (Å²) in [5.41, 5.74) is 3.67. The summed E-state index contributed by atoms with van der Waals surface area (Å²) in [5.74, 6) is 1.40. The van der Waals surface area contributed by atoms with Crippen LogP contribution in [-0.2, 0) is 16.6 Å². The molecule has 0 saturated heterocycles. The first-order chi connectivity index (χ1) is 7.11. The average Bonchev–Trinajstić information content (AvgIpc) is 2.13. The molecule has 0 radical (unpaired) electrons. The van der Waals surface area contributed by atoms with Gasteiger partial charge in [0.2, 0.25) is 0 Å². The summed E-state index contributed by atoms with van der Waals surface area (Å²) in [6.45, 7) is 4.97. The van der Waals surface area contributed by atoms with Crippen molar-refractivity contribution >= 4 is 10.8 Å². The van der Waals surface area contributed by atoms with Crippen molar-refractivity contribution in [3.8, 4) is 0 Å². The molecule has 15 heavy (non-hydrogen) atoms. The van der Waals surface area contributed by atoms with Gasteiger partial charge >= 0.3 is 0 Å². The lowest BCUT2D eigenvalue weighted by atomic mass is 10.1. The molecule has 2 nitrogen and oxygen atoms in total. The first kappa shape index (κ1) is 12.4. The second kappa shape index (κ2) is 6.03. The fourth-order valence-electron chi connectivity index (χ4n) is 1.63. The normalized spacial score (nSPS) is 12.7. The summed E-state index contributed by atoms with van der Waals surface area (Å²) < 4.78 is 11.7. The molecule has 3 heteroatoms. The van der Waals surface area contributed by atoms with Crippen LogP contribution in [0.2, 0.25) is 0 Å². The van der Waals surface area contributed by atoms with Gasteiger partial charge in [0.25, 0.3) is 0 Å². The largest absolute Gasteiger partial charge is 0.319 e. The summed E-state index contributed by atoms with van der Waals surface area (Å²) in [7, 11) is 1.13. The van der Waals surface area contributed by atoms with Gasteiger partial charge in [0.1, 0.15) is 0 Å². The molecule has 1 aromatic rings. The van der Waals surface area contributed by atoms with Gasteiger partial charge in [-0.25, -0.2) is 0 Å². The third-order valence-corrected chi connectivity index (χ3v) is 3.50. The summed E-state index contributed by atoms with van der Waals surface area (Å²) in [6.07, 6.45) is 0. The first-order valence-corrected chi connectivity index (χ1v) is 6.67. The van der Waals surface area contributed by atoms with Crippen molar-refractivity contribution < 1.29 is 4.21 Å². The van der Waals surface area contributed by atoms with Crippen LogP contribution < -0.4 is 5.32 Å². The molecular weight excluding hydrogens is 206 g/mol. The molecule has 1 N–H and O–H groups in total. The molecule has 84 valence electrons. The second-order valence-electron chi connectivity index (χ2n) is 3.89. The molecule has 0 amide bonds. The van der Waals surface area contributed by atoms with Crippen molar-refractivity contribution in [1.29, 1.82) is 0 Å².